The van der Waals surface area contributed by atoms with Gasteiger partial charge < -0.3 is 9.88 Å². The van der Waals surface area contributed by atoms with Crippen LogP contribution in [-0.4, -0.2) is 15.5 Å². The summed E-state index contributed by atoms with van der Waals surface area (Å²) in [5.41, 5.74) is 2.99. The van der Waals surface area contributed by atoms with Gasteiger partial charge in [0.15, 0.2) is 0 Å². The van der Waals surface area contributed by atoms with Crippen LogP contribution >= 0.6 is 23.2 Å². The van der Waals surface area contributed by atoms with E-state index >= 15 is 0 Å². The fourth-order valence-electron chi connectivity index (χ4n) is 4.17. The lowest BCUT2D eigenvalue weighted by molar-refractivity contribution is -0.126. The standard InChI is InChI=1S/C23H25Cl2N3O/c1-15(26-23(29)17-7-3-2-4-8-17)22-27-20-9-5-6-10-21(20)28(22)14-16-11-12-18(24)19(25)13-16/h5-6,9-13,15,17H,2-4,7-8,14H2,1H3,(H,26,29). The summed E-state index contributed by atoms with van der Waals surface area (Å²) in [6.07, 6.45) is 5.49. The van der Waals surface area contributed by atoms with Crippen molar-refractivity contribution in [3.8, 4) is 0 Å². The van der Waals surface area contributed by atoms with Crippen molar-refractivity contribution in [3.63, 3.8) is 0 Å². The highest BCUT2D eigenvalue weighted by Crippen LogP contribution is 2.28. The average Bonchev–Trinajstić information content (AvgIpc) is 3.10. The summed E-state index contributed by atoms with van der Waals surface area (Å²) in [6.45, 7) is 2.61. The molecule has 1 saturated carbocycles. The molecule has 0 aliphatic heterocycles. The number of fused-ring (bicyclic) bond motifs is 1. The molecule has 3 aromatic rings. The van der Waals surface area contributed by atoms with E-state index in [1.807, 2.05) is 43.3 Å². The number of imidazole rings is 1. The molecule has 29 heavy (non-hydrogen) atoms. The molecule has 1 amide bonds. The van der Waals surface area contributed by atoms with Crippen LogP contribution in [-0.2, 0) is 11.3 Å². The van der Waals surface area contributed by atoms with Crippen LogP contribution in [0.15, 0.2) is 42.5 Å². The summed E-state index contributed by atoms with van der Waals surface area (Å²) in [5.74, 6) is 1.12. The van der Waals surface area contributed by atoms with Gasteiger partial charge in [-0.05, 0) is 49.6 Å². The second-order valence-electron chi connectivity index (χ2n) is 7.86. The first kappa shape index (κ1) is 20.2. The quantitative estimate of drug-likeness (QED) is 0.528. The number of benzene rings is 2. The molecule has 1 atom stereocenters. The lowest BCUT2D eigenvalue weighted by atomic mass is 9.88. The van der Waals surface area contributed by atoms with Gasteiger partial charge in [-0.1, -0.05) is 60.7 Å². The van der Waals surface area contributed by atoms with Crippen LogP contribution in [0.2, 0.25) is 10.0 Å². The zero-order valence-electron chi connectivity index (χ0n) is 16.5. The van der Waals surface area contributed by atoms with Crippen LogP contribution in [0.4, 0.5) is 0 Å². The van der Waals surface area contributed by atoms with Gasteiger partial charge in [-0.3, -0.25) is 4.79 Å². The minimum atomic E-state index is -0.181. The van der Waals surface area contributed by atoms with Crippen LogP contribution in [0, 0.1) is 5.92 Å². The highest BCUT2D eigenvalue weighted by atomic mass is 35.5. The summed E-state index contributed by atoms with van der Waals surface area (Å²) in [4.78, 5) is 17.6. The van der Waals surface area contributed by atoms with E-state index in [4.69, 9.17) is 28.2 Å². The molecule has 1 aliphatic rings. The van der Waals surface area contributed by atoms with E-state index in [1.54, 1.807) is 0 Å². The predicted octanol–water partition coefficient (Wildman–Crippen LogP) is 6.15. The van der Waals surface area contributed by atoms with Crippen molar-refractivity contribution in [1.82, 2.24) is 14.9 Å². The van der Waals surface area contributed by atoms with Crippen molar-refractivity contribution in [2.45, 2.75) is 51.6 Å². The number of carbonyl (C=O) groups excluding carboxylic acids is 1. The van der Waals surface area contributed by atoms with Crippen molar-refractivity contribution >= 4 is 40.1 Å². The van der Waals surface area contributed by atoms with Crippen molar-refractivity contribution in [3.05, 3.63) is 63.9 Å². The fraction of sp³-hybridized carbons (Fsp3) is 0.391. The average molecular weight is 430 g/mol. The van der Waals surface area contributed by atoms with Crippen LogP contribution in [0.5, 0.6) is 0 Å². The molecule has 6 heteroatoms. The maximum Gasteiger partial charge on any atom is 0.223 e. The largest absolute Gasteiger partial charge is 0.346 e. The van der Waals surface area contributed by atoms with Gasteiger partial charge in [-0.25, -0.2) is 4.98 Å². The molecule has 1 N–H and O–H groups in total. The highest BCUT2D eigenvalue weighted by Gasteiger charge is 2.25. The number of nitrogens with zero attached hydrogens (tertiary/aromatic N) is 2. The Morgan fingerprint density at radius 1 is 1.14 bits per heavy atom. The SMILES string of the molecule is CC(NC(=O)C1CCCCC1)c1nc2ccccc2n1Cc1ccc(Cl)c(Cl)c1. The first-order valence-corrected chi connectivity index (χ1v) is 11.0. The van der Waals surface area contributed by atoms with Gasteiger partial charge >= 0.3 is 0 Å². The zero-order chi connectivity index (χ0) is 20.4. The number of halogens is 2. The Hall–Kier alpha value is -2.04. The third-order valence-electron chi connectivity index (χ3n) is 5.73. The van der Waals surface area contributed by atoms with Crippen LogP contribution in [0.25, 0.3) is 11.0 Å². The molecule has 4 rings (SSSR count). The Morgan fingerprint density at radius 2 is 1.90 bits per heavy atom. The fourth-order valence-corrected chi connectivity index (χ4v) is 4.49. The molecule has 1 aliphatic carbocycles. The summed E-state index contributed by atoms with van der Waals surface area (Å²) in [5, 5.41) is 4.28. The molecule has 152 valence electrons. The number of para-hydroxylation sites is 2. The van der Waals surface area contributed by atoms with Gasteiger partial charge in [0.25, 0.3) is 0 Å². The van der Waals surface area contributed by atoms with Crippen LogP contribution < -0.4 is 5.32 Å². The van der Waals surface area contributed by atoms with Gasteiger partial charge in [0.05, 0.1) is 27.1 Å². The van der Waals surface area contributed by atoms with Crippen LogP contribution in [0.3, 0.4) is 0 Å². The van der Waals surface area contributed by atoms with Gasteiger partial charge in [-0.15, -0.1) is 0 Å². The summed E-state index contributed by atoms with van der Waals surface area (Å²) < 4.78 is 2.15. The van der Waals surface area contributed by atoms with Crippen molar-refractivity contribution in [1.29, 1.82) is 0 Å². The monoisotopic (exact) mass is 429 g/mol. The Bertz CT molecular complexity index is 1020. The summed E-state index contributed by atoms with van der Waals surface area (Å²) in [7, 11) is 0. The van der Waals surface area contributed by atoms with E-state index in [-0.39, 0.29) is 17.9 Å². The van der Waals surface area contributed by atoms with E-state index in [0.717, 1.165) is 48.1 Å². The maximum absolute atomic E-state index is 12.8. The van der Waals surface area contributed by atoms with E-state index in [1.165, 1.54) is 6.42 Å². The third kappa shape index (κ3) is 4.44. The first-order valence-electron chi connectivity index (χ1n) is 10.2. The minimum absolute atomic E-state index is 0.124. The second kappa shape index (κ2) is 8.76. The molecule has 1 heterocycles. The number of aromatic nitrogens is 2. The Balaban J connectivity index is 1.63. The number of carbonyl (C=O) groups is 1. The molecular formula is C23H25Cl2N3O. The van der Waals surface area contributed by atoms with Crippen LogP contribution in [0.1, 0.15) is 56.5 Å². The van der Waals surface area contributed by atoms with E-state index < -0.39 is 0 Å². The van der Waals surface area contributed by atoms with E-state index in [2.05, 4.69) is 16.0 Å². The summed E-state index contributed by atoms with van der Waals surface area (Å²) >= 11 is 12.3. The maximum atomic E-state index is 12.8. The molecule has 0 saturated heterocycles. The minimum Gasteiger partial charge on any atom is -0.346 e. The van der Waals surface area contributed by atoms with E-state index in [0.29, 0.717) is 16.6 Å². The molecule has 0 bridgehead atoms. The van der Waals surface area contributed by atoms with Crippen molar-refractivity contribution in [2.75, 3.05) is 0 Å². The van der Waals surface area contributed by atoms with Gasteiger partial charge in [0.2, 0.25) is 5.91 Å². The molecule has 1 unspecified atom stereocenters. The summed E-state index contributed by atoms with van der Waals surface area (Å²) in [6, 6.07) is 13.5. The topological polar surface area (TPSA) is 46.9 Å². The van der Waals surface area contributed by atoms with Gasteiger partial charge in [0.1, 0.15) is 5.82 Å². The lowest BCUT2D eigenvalue weighted by Crippen LogP contribution is -2.35. The smallest absolute Gasteiger partial charge is 0.223 e. The molecular weight excluding hydrogens is 405 g/mol. The Kier molecular flexibility index (Phi) is 6.12. The zero-order valence-corrected chi connectivity index (χ0v) is 18.0. The number of amides is 1. The van der Waals surface area contributed by atoms with E-state index in [9.17, 15) is 4.79 Å². The van der Waals surface area contributed by atoms with Gasteiger partial charge in [0, 0.05) is 12.5 Å². The third-order valence-corrected chi connectivity index (χ3v) is 6.47. The Morgan fingerprint density at radius 3 is 2.66 bits per heavy atom. The molecule has 0 radical (unpaired) electrons. The predicted molar refractivity (Wildman–Crippen MR) is 118 cm³/mol. The normalized spacial score (nSPS) is 16.1. The van der Waals surface area contributed by atoms with Crippen molar-refractivity contribution in [2.24, 2.45) is 5.92 Å². The Labute approximate surface area is 181 Å². The molecule has 0 spiro atoms. The number of nitrogens with one attached hydrogen (secondary N) is 1. The lowest BCUT2D eigenvalue weighted by Gasteiger charge is -2.23. The number of rotatable bonds is 5. The molecule has 2 aromatic carbocycles. The van der Waals surface area contributed by atoms with Gasteiger partial charge in [-0.2, -0.15) is 0 Å². The molecule has 1 aromatic heterocycles. The number of hydrogen-bond donors (Lipinski definition) is 1. The second-order valence-corrected chi connectivity index (χ2v) is 8.67. The number of hydrogen-bond acceptors (Lipinski definition) is 2. The molecule has 1 fully saturated rings. The molecule has 4 nitrogen and oxygen atoms in total. The first-order chi connectivity index (χ1) is 14.0. The highest BCUT2D eigenvalue weighted by molar-refractivity contribution is 6.42. The van der Waals surface area contributed by atoms with Crippen molar-refractivity contribution < 1.29 is 4.79 Å².